The summed E-state index contributed by atoms with van der Waals surface area (Å²) in [6, 6.07) is 27.9. The summed E-state index contributed by atoms with van der Waals surface area (Å²) in [7, 11) is 0. The van der Waals surface area contributed by atoms with Gasteiger partial charge in [0, 0.05) is 10.6 Å². The third-order valence-corrected chi connectivity index (χ3v) is 10.6. The van der Waals surface area contributed by atoms with Crippen LogP contribution in [0.4, 0.5) is 4.79 Å². The predicted molar refractivity (Wildman–Crippen MR) is 160 cm³/mol. The van der Waals surface area contributed by atoms with E-state index in [9.17, 15) is 14.4 Å². The lowest BCUT2D eigenvalue weighted by molar-refractivity contribution is -0.150. The minimum absolute atomic E-state index is 0.0572. The second-order valence-electron chi connectivity index (χ2n) is 10.2. The molecule has 3 aromatic rings. The number of nitrogens with one attached hydrogen (secondary N) is 1. The number of carbonyl (C=O) groups is 3. The number of carbonyl (C=O) groups excluding carboxylic acids is 3. The van der Waals surface area contributed by atoms with Crippen LogP contribution in [0.3, 0.4) is 0 Å². The molecule has 0 fully saturated rings. The van der Waals surface area contributed by atoms with Crippen molar-refractivity contribution in [3.05, 3.63) is 108 Å². The van der Waals surface area contributed by atoms with E-state index >= 15 is 0 Å². The van der Waals surface area contributed by atoms with Gasteiger partial charge in [-0.15, -0.1) is 0 Å². The van der Waals surface area contributed by atoms with Crippen LogP contribution in [0.5, 0.6) is 0 Å². The number of hydrogen-bond donors (Lipinski definition) is 1. The minimum atomic E-state index is -2.99. The Morgan fingerprint density at radius 3 is 1.88 bits per heavy atom. The van der Waals surface area contributed by atoms with E-state index in [-0.39, 0.29) is 18.7 Å². The first-order chi connectivity index (χ1) is 19.0. The fourth-order valence-corrected chi connectivity index (χ4v) is 8.25. The second kappa shape index (κ2) is 11.9. The molecule has 9 heteroatoms. The molecule has 0 aromatic heterocycles. The Bertz CT molecular complexity index is 1410. The normalized spacial score (nSPS) is 15.2. The number of imide groups is 1. The zero-order chi connectivity index (χ0) is 29.0. The van der Waals surface area contributed by atoms with E-state index in [1.54, 1.807) is 58.0 Å². The molecule has 0 bridgehead atoms. The average Bonchev–Trinajstić information content (AvgIpc) is 3.34. The largest absolute Gasteiger partial charge is 0.464 e. The predicted octanol–water partition coefficient (Wildman–Crippen LogP) is 4.78. The Hall–Kier alpha value is -3.58. The number of hydrogen-bond acceptors (Lipinski definition) is 6. The van der Waals surface area contributed by atoms with Crippen LogP contribution in [0.1, 0.15) is 33.3 Å². The van der Waals surface area contributed by atoms with E-state index in [2.05, 4.69) is 5.09 Å². The van der Waals surface area contributed by atoms with Crippen molar-refractivity contribution in [1.29, 1.82) is 0 Å². The SMILES string of the molecule is CCOC(=O)[C@@](NP(=S)(c1ccccc1)c1ccccc1)(C1=CCN(C(=O)OC(C)(C)C)C1=O)c1ccccc1. The van der Waals surface area contributed by atoms with Crippen LogP contribution >= 0.6 is 6.19 Å². The third-order valence-electron chi connectivity index (χ3n) is 6.32. The molecular formula is C31H33N2O5PS. The highest BCUT2D eigenvalue weighted by molar-refractivity contribution is 8.21. The van der Waals surface area contributed by atoms with Gasteiger partial charge in [0.1, 0.15) is 5.60 Å². The molecule has 0 unspecified atom stereocenters. The lowest BCUT2D eigenvalue weighted by atomic mass is 9.83. The third kappa shape index (κ3) is 5.80. The summed E-state index contributed by atoms with van der Waals surface area (Å²) in [5.41, 5.74) is -2.09. The lowest BCUT2D eigenvalue weighted by Gasteiger charge is -2.39. The molecule has 2 amide bonds. The van der Waals surface area contributed by atoms with Gasteiger partial charge in [-0.3, -0.25) is 9.88 Å². The fraction of sp³-hybridized carbons (Fsp3) is 0.258. The van der Waals surface area contributed by atoms with E-state index < -0.39 is 35.3 Å². The highest BCUT2D eigenvalue weighted by atomic mass is 32.4. The highest BCUT2D eigenvalue weighted by Gasteiger charge is 2.54. The molecule has 1 aliphatic heterocycles. The van der Waals surface area contributed by atoms with Crippen molar-refractivity contribution in [2.75, 3.05) is 13.2 Å². The van der Waals surface area contributed by atoms with E-state index in [4.69, 9.17) is 21.3 Å². The van der Waals surface area contributed by atoms with Gasteiger partial charge in [-0.2, -0.15) is 0 Å². The smallest absolute Gasteiger partial charge is 0.417 e. The minimum Gasteiger partial charge on any atom is -0.464 e. The Morgan fingerprint density at radius 1 is 0.900 bits per heavy atom. The van der Waals surface area contributed by atoms with Gasteiger partial charge in [0.2, 0.25) is 0 Å². The van der Waals surface area contributed by atoms with E-state index in [1.807, 2.05) is 66.7 Å². The number of esters is 1. The van der Waals surface area contributed by atoms with Gasteiger partial charge in [-0.25, -0.2) is 14.5 Å². The number of ether oxygens (including phenoxy) is 2. The summed E-state index contributed by atoms with van der Waals surface area (Å²) < 4.78 is 11.1. The molecule has 1 heterocycles. The van der Waals surface area contributed by atoms with E-state index in [0.29, 0.717) is 5.56 Å². The highest BCUT2D eigenvalue weighted by Crippen LogP contribution is 2.48. The van der Waals surface area contributed by atoms with Crippen LogP contribution in [-0.4, -0.2) is 41.6 Å². The summed E-state index contributed by atoms with van der Waals surface area (Å²) in [6.07, 6.45) is -2.20. The topological polar surface area (TPSA) is 84.9 Å². The number of nitrogens with zero attached hydrogens (tertiary/aromatic N) is 1. The van der Waals surface area contributed by atoms with Gasteiger partial charge in [-0.1, -0.05) is 109 Å². The van der Waals surface area contributed by atoms with Crippen molar-refractivity contribution in [1.82, 2.24) is 9.99 Å². The van der Waals surface area contributed by atoms with Gasteiger partial charge in [-0.05, 0) is 33.3 Å². The quantitative estimate of drug-likeness (QED) is 0.305. The lowest BCUT2D eigenvalue weighted by Crippen LogP contribution is -2.55. The first-order valence-corrected chi connectivity index (χ1v) is 15.8. The van der Waals surface area contributed by atoms with Crippen LogP contribution in [0.2, 0.25) is 0 Å². The van der Waals surface area contributed by atoms with Crippen LogP contribution in [-0.2, 0) is 36.4 Å². The van der Waals surface area contributed by atoms with Gasteiger partial charge in [0.15, 0.2) is 5.54 Å². The van der Waals surface area contributed by atoms with Gasteiger partial charge >= 0.3 is 12.1 Å². The van der Waals surface area contributed by atoms with Crippen molar-refractivity contribution in [2.24, 2.45) is 0 Å². The maximum absolute atomic E-state index is 14.2. The Balaban J connectivity index is 1.95. The monoisotopic (exact) mass is 576 g/mol. The van der Waals surface area contributed by atoms with Crippen LogP contribution < -0.4 is 15.7 Å². The first kappa shape index (κ1) is 29.4. The summed E-state index contributed by atoms with van der Waals surface area (Å²) in [5, 5.41) is 5.14. The van der Waals surface area contributed by atoms with Crippen molar-refractivity contribution in [2.45, 2.75) is 38.8 Å². The number of amides is 2. The molecule has 1 N–H and O–H groups in total. The molecule has 7 nitrogen and oxygen atoms in total. The molecule has 0 saturated heterocycles. The van der Waals surface area contributed by atoms with Gasteiger partial charge < -0.3 is 9.47 Å². The second-order valence-corrected chi connectivity index (χ2v) is 14.4. The Kier molecular flexibility index (Phi) is 8.74. The maximum atomic E-state index is 14.2. The summed E-state index contributed by atoms with van der Waals surface area (Å²) in [6.45, 7) is 6.90. The van der Waals surface area contributed by atoms with Gasteiger partial charge in [0.05, 0.1) is 24.9 Å². The average molecular weight is 577 g/mol. The number of benzene rings is 3. The van der Waals surface area contributed by atoms with Crippen LogP contribution in [0.15, 0.2) is 103 Å². The van der Waals surface area contributed by atoms with E-state index in [0.717, 1.165) is 15.5 Å². The molecule has 0 spiro atoms. The molecule has 1 aliphatic rings. The summed E-state index contributed by atoms with van der Waals surface area (Å²) in [5.74, 6) is -1.34. The Labute approximate surface area is 240 Å². The summed E-state index contributed by atoms with van der Waals surface area (Å²) >= 11 is 6.46. The first-order valence-electron chi connectivity index (χ1n) is 13.0. The van der Waals surface area contributed by atoms with Crippen molar-refractivity contribution >= 4 is 46.6 Å². The fourth-order valence-electron chi connectivity index (χ4n) is 4.56. The van der Waals surface area contributed by atoms with Crippen molar-refractivity contribution < 1.29 is 23.9 Å². The molecule has 0 saturated carbocycles. The molecule has 1 atom stereocenters. The Morgan fingerprint density at radius 2 is 1.40 bits per heavy atom. The molecule has 0 aliphatic carbocycles. The van der Waals surface area contributed by atoms with Crippen molar-refractivity contribution in [3.8, 4) is 0 Å². The molecule has 4 rings (SSSR count). The molecule has 208 valence electrons. The molecule has 0 radical (unpaired) electrons. The zero-order valence-corrected chi connectivity index (χ0v) is 24.7. The van der Waals surface area contributed by atoms with E-state index in [1.165, 1.54) is 0 Å². The summed E-state index contributed by atoms with van der Waals surface area (Å²) in [4.78, 5) is 42.2. The van der Waals surface area contributed by atoms with Crippen LogP contribution in [0.25, 0.3) is 0 Å². The van der Waals surface area contributed by atoms with Crippen molar-refractivity contribution in [3.63, 3.8) is 0 Å². The van der Waals surface area contributed by atoms with Gasteiger partial charge in [0.25, 0.3) is 5.91 Å². The number of rotatable bonds is 8. The molecule has 40 heavy (non-hydrogen) atoms. The molecular weight excluding hydrogens is 543 g/mol. The standard InChI is InChI=1S/C31H33N2O5PS/c1-5-37-28(35)31(23-15-9-6-10-16-23,26-21-22-33(27(26)34)29(36)38-30(2,3)4)32-39(40,24-17-11-7-12-18-24)25-19-13-8-14-20-25/h6-21H,5,22H2,1-4H3,(H,32,40)/t31-/m0/s1. The molecule has 3 aromatic carbocycles. The van der Waals surface area contributed by atoms with Crippen LogP contribution in [0, 0.1) is 0 Å². The maximum Gasteiger partial charge on any atom is 0.417 e. The zero-order valence-electron chi connectivity index (χ0n) is 23.0.